The molecule has 0 N–H and O–H groups in total. The van der Waals surface area contributed by atoms with Crippen LogP contribution in [0.5, 0.6) is 5.75 Å². The molecule has 124 valence electrons. The monoisotopic (exact) mass is 319 g/mol. The molecule has 0 amide bonds. The number of hydrogen-bond acceptors (Lipinski definition) is 6. The van der Waals surface area contributed by atoms with Crippen molar-refractivity contribution in [1.29, 1.82) is 0 Å². The van der Waals surface area contributed by atoms with Crippen LogP contribution in [0.2, 0.25) is 0 Å². The number of benzene rings is 1. The summed E-state index contributed by atoms with van der Waals surface area (Å²) in [5.74, 6) is 0.400. The molecule has 0 saturated carbocycles. The summed E-state index contributed by atoms with van der Waals surface area (Å²) < 4.78 is 15.5. The second-order valence-electron chi connectivity index (χ2n) is 5.89. The van der Waals surface area contributed by atoms with Crippen molar-refractivity contribution < 1.29 is 23.8 Å². The van der Waals surface area contributed by atoms with Crippen LogP contribution in [0, 0.1) is 5.92 Å². The lowest BCUT2D eigenvalue weighted by Crippen LogP contribution is -2.52. The number of ether oxygens (including phenoxy) is 3. The molecule has 1 aromatic carbocycles. The number of carbonyl (C=O) groups excluding carboxylic acids is 2. The normalized spacial score (nSPS) is 25.7. The summed E-state index contributed by atoms with van der Waals surface area (Å²) >= 11 is 0. The maximum Gasteiger partial charge on any atom is 0.514 e. The molecule has 1 aromatic rings. The van der Waals surface area contributed by atoms with Gasteiger partial charge in [0.05, 0.1) is 12.2 Å². The third-order valence-electron chi connectivity index (χ3n) is 4.41. The molecule has 3 aliphatic rings. The highest BCUT2D eigenvalue weighted by Gasteiger charge is 2.36. The van der Waals surface area contributed by atoms with Gasteiger partial charge in [-0.15, -0.1) is 0 Å². The van der Waals surface area contributed by atoms with Crippen LogP contribution in [0.1, 0.15) is 30.1 Å². The number of hydrogen-bond donors (Lipinski definition) is 0. The molecule has 3 fully saturated rings. The Morgan fingerprint density at radius 1 is 1.17 bits per heavy atom. The summed E-state index contributed by atoms with van der Waals surface area (Å²) in [6.45, 7) is 5.05. The highest BCUT2D eigenvalue weighted by molar-refractivity contribution is 5.89. The standard InChI is InChI=1S/C17H21NO5/c1-2-21-16(19)13-3-5-14(6-4-13)22-17(20)23-15-11-18-9-7-12(15)8-10-18/h3-6,12,15H,2,7-11H2,1H3/t15-/m0/s1. The fourth-order valence-electron chi connectivity index (χ4n) is 3.16. The van der Waals surface area contributed by atoms with Gasteiger partial charge >= 0.3 is 12.1 Å². The van der Waals surface area contributed by atoms with E-state index in [1.165, 1.54) is 0 Å². The minimum absolute atomic E-state index is 0.0798. The van der Waals surface area contributed by atoms with Gasteiger partial charge in [-0.05, 0) is 63.0 Å². The molecule has 3 saturated heterocycles. The zero-order valence-corrected chi connectivity index (χ0v) is 13.2. The first kappa shape index (κ1) is 15.8. The van der Waals surface area contributed by atoms with Crippen molar-refractivity contribution in [3.8, 4) is 5.75 Å². The quantitative estimate of drug-likeness (QED) is 0.627. The van der Waals surface area contributed by atoms with Crippen LogP contribution in [0.25, 0.3) is 0 Å². The Bertz CT molecular complexity index is 563. The van der Waals surface area contributed by atoms with Gasteiger partial charge in [0.15, 0.2) is 0 Å². The zero-order chi connectivity index (χ0) is 16.2. The van der Waals surface area contributed by atoms with Crippen molar-refractivity contribution in [2.24, 2.45) is 5.92 Å². The summed E-state index contributed by atoms with van der Waals surface area (Å²) in [4.78, 5) is 25.8. The predicted octanol–water partition coefficient (Wildman–Crippen LogP) is 2.47. The lowest BCUT2D eigenvalue weighted by atomic mass is 9.86. The van der Waals surface area contributed by atoms with E-state index in [1.807, 2.05) is 0 Å². The van der Waals surface area contributed by atoms with Crippen LogP contribution >= 0.6 is 0 Å². The van der Waals surface area contributed by atoms with Crippen molar-refractivity contribution in [3.63, 3.8) is 0 Å². The average Bonchev–Trinajstić information content (AvgIpc) is 2.56. The maximum absolute atomic E-state index is 11.9. The fourth-order valence-corrected chi connectivity index (χ4v) is 3.16. The van der Waals surface area contributed by atoms with Gasteiger partial charge in [0.1, 0.15) is 11.9 Å². The molecule has 0 aromatic heterocycles. The number of carbonyl (C=O) groups is 2. The SMILES string of the molecule is CCOC(=O)c1ccc(OC(=O)O[C@H]2CN3CCC2CC3)cc1. The first-order valence-electron chi connectivity index (χ1n) is 8.03. The first-order valence-corrected chi connectivity index (χ1v) is 8.03. The number of rotatable bonds is 4. The molecule has 0 radical (unpaired) electrons. The lowest BCUT2D eigenvalue weighted by molar-refractivity contribution is -0.0462. The van der Waals surface area contributed by atoms with Gasteiger partial charge in [-0.2, -0.15) is 0 Å². The molecule has 3 heterocycles. The summed E-state index contributed by atoms with van der Waals surface area (Å²) in [7, 11) is 0. The summed E-state index contributed by atoms with van der Waals surface area (Å²) in [5.41, 5.74) is 0.421. The van der Waals surface area contributed by atoms with Crippen LogP contribution in [0.3, 0.4) is 0 Å². The van der Waals surface area contributed by atoms with E-state index in [0.717, 1.165) is 32.5 Å². The van der Waals surface area contributed by atoms with Crippen molar-refractivity contribution >= 4 is 12.1 Å². The number of nitrogens with zero attached hydrogens (tertiary/aromatic N) is 1. The van der Waals surface area contributed by atoms with Gasteiger partial charge in [-0.1, -0.05) is 0 Å². The molecule has 1 atom stereocenters. The minimum atomic E-state index is -0.687. The highest BCUT2D eigenvalue weighted by Crippen LogP contribution is 2.29. The Morgan fingerprint density at radius 2 is 1.87 bits per heavy atom. The molecular weight excluding hydrogens is 298 g/mol. The van der Waals surface area contributed by atoms with Crippen LogP contribution < -0.4 is 4.74 Å². The van der Waals surface area contributed by atoms with Gasteiger partial charge in [-0.25, -0.2) is 9.59 Å². The Hall–Kier alpha value is -2.08. The van der Waals surface area contributed by atoms with E-state index in [0.29, 0.717) is 23.8 Å². The molecule has 3 aliphatic heterocycles. The maximum atomic E-state index is 11.9. The van der Waals surface area contributed by atoms with Crippen LogP contribution in [0.15, 0.2) is 24.3 Å². The molecule has 2 bridgehead atoms. The van der Waals surface area contributed by atoms with Crippen LogP contribution in [0.4, 0.5) is 4.79 Å². The van der Waals surface area contributed by atoms with E-state index in [9.17, 15) is 9.59 Å². The first-order chi connectivity index (χ1) is 11.2. The minimum Gasteiger partial charge on any atom is -0.462 e. The average molecular weight is 319 g/mol. The predicted molar refractivity (Wildman–Crippen MR) is 82.5 cm³/mol. The number of esters is 1. The lowest BCUT2D eigenvalue weighted by Gasteiger charge is -2.43. The Morgan fingerprint density at radius 3 is 2.43 bits per heavy atom. The largest absolute Gasteiger partial charge is 0.514 e. The van der Waals surface area contributed by atoms with E-state index in [-0.39, 0.29) is 6.10 Å². The third kappa shape index (κ3) is 3.82. The number of fused-ring (bicyclic) bond motifs is 3. The second kappa shape index (κ2) is 7.00. The Balaban J connectivity index is 1.52. The highest BCUT2D eigenvalue weighted by atomic mass is 16.7. The summed E-state index contributed by atoms with van der Waals surface area (Å²) in [6, 6.07) is 6.25. The molecule has 6 heteroatoms. The molecule has 6 nitrogen and oxygen atoms in total. The molecule has 23 heavy (non-hydrogen) atoms. The van der Waals surface area contributed by atoms with Gasteiger partial charge in [-0.3, -0.25) is 4.90 Å². The summed E-state index contributed by atoms with van der Waals surface area (Å²) in [6.07, 6.45) is 1.38. The molecule has 4 rings (SSSR count). The molecule has 0 unspecified atom stereocenters. The van der Waals surface area contributed by atoms with Gasteiger partial charge < -0.3 is 14.2 Å². The van der Waals surface area contributed by atoms with Crippen molar-refractivity contribution in [3.05, 3.63) is 29.8 Å². The third-order valence-corrected chi connectivity index (χ3v) is 4.41. The number of piperidine rings is 3. The fraction of sp³-hybridized carbons (Fsp3) is 0.529. The van der Waals surface area contributed by atoms with E-state index in [4.69, 9.17) is 14.2 Å². The Labute approximate surface area is 135 Å². The zero-order valence-electron chi connectivity index (χ0n) is 13.2. The van der Waals surface area contributed by atoms with Crippen LogP contribution in [-0.2, 0) is 9.47 Å². The van der Waals surface area contributed by atoms with Gasteiger partial charge in [0, 0.05) is 6.54 Å². The van der Waals surface area contributed by atoms with Gasteiger partial charge in [0.25, 0.3) is 0 Å². The van der Waals surface area contributed by atoms with E-state index in [1.54, 1.807) is 31.2 Å². The topological polar surface area (TPSA) is 65.1 Å². The molecular formula is C17H21NO5. The van der Waals surface area contributed by atoms with Crippen LogP contribution in [-0.4, -0.2) is 49.4 Å². The van der Waals surface area contributed by atoms with Gasteiger partial charge in [0.2, 0.25) is 0 Å². The molecule has 0 spiro atoms. The van der Waals surface area contributed by atoms with Crippen molar-refractivity contribution in [1.82, 2.24) is 4.90 Å². The summed E-state index contributed by atoms with van der Waals surface area (Å²) in [5, 5.41) is 0. The smallest absolute Gasteiger partial charge is 0.462 e. The molecule has 0 aliphatic carbocycles. The van der Waals surface area contributed by atoms with E-state index < -0.39 is 12.1 Å². The van der Waals surface area contributed by atoms with E-state index in [2.05, 4.69) is 4.90 Å². The van der Waals surface area contributed by atoms with Crippen molar-refractivity contribution in [2.45, 2.75) is 25.9 Å². The second-order valence-corrected chi connectivity index (χ2v) is 5.89. The van der Waals surface area contributed by atoms with Crippen molar-refractivity contribution in [2.75, 3.05) is 26.2 Å². The van der Waals surface area contributed by atoms with E-state index >= 15 is 0 Å². The Kier molecular flexibility index (Phi) is 4.81.